The molecule has 1 rings (SSSR count). The molecule has 0 amide bonds. The zero-order valence-electron chi connectivity index (χ0n) is 11.3. The lowest BCUT2D eigenvalue weighted by atomic mass is 10.4. The Morgan fingerprint density at radius 2 is 2.00 bits per heavy atom. The Labute approximate surface area is 115 Å². The minimum atomic E-state index is -0.572. The molecule has 0 N–H and O–H groups in total. The average molecular weight is 284 g/mol. The highest BCUT2D eigenvalue weighted by Gasteiger charge is 2.14. The van der Waals surface area contributed by atoms with E-state index in [0.29, 0.717) is 25.6 Å². The van der Waals surface area contributed by atoms with Gasteiger partial charge >= 0.3 is 11.7 Å². The zero-order chi connectivity index (χ0) is 15.0. The molecule has 0 spiro atoms. The summed E-state index contributed by atoms with van der Waals surface area (Å²) in [5.74, 6) is -0.0501. The molecule has 20 heavy (non-hydrogen) atoms. The Morgan fingerprint density at radius 1 is 1.35 bits per heavy atom. The predicted molar refractivity (Wildman–Crippen MR) is 69.4 cm³/mol. The van der Waals surface area contributed by atoms with E-state index in [4.69, 9.17) is 4.74 Å². The van der Waals surface area contributed by atoms with E-state index in [1.165, 1.54) is 7.11 Å². The van der Waals surface area contributed by atoms with E-state index >= 15 is 0 Å². The minimum absolute atomic E-state index is 0.167. The van der Waals surface area contributed by atoms with E-state index in [9.17, 15) is 14.9 Å². The number of hydrogen-bond acceptors (Lipinski definition) is 8. The third-order valence-corrected chi connectivity index (χ3v) is 2.50. The van der Waals surface area contributed by atoms with E-state index in [0.717, 1.165) is 12.4 Å². The van der Waals surface area contributed by atoms with Crippen LogP contribution >= 0.6 is 0 Å². The van der Waals surface area contributed by atoms with Crippen LogP contribution in [-0.2, 0) is 14.3 Å². The molecule has 0 atom stereocenters. The number of carbonyl (C=O) groups is 1. The first-order chi connectivity index (χ1) is 9.58. The molecule has 0 aromatic carbocycles. The first-order valence-electron chi connectivity index (χ1n) is 5.85. The van der Waals surface area contributed by atoms with Gasteiger partial charge in [-0.3, -0.25) is 14.9 Å². The lowest BCUT2D eigenvalue weighted by Crippen LogP contribution is -2.31. The summed E-state index contributed by atoms with van der Waals surface area (Å²) < 4.78 is 9.53. The third-order valence-electron chi connectivity index (χ3n) is 2.50. The summed E-state index contributed by atoms with van der Waals surface area (Å²) in [4.78, 5) is 30.7. The van der Waals surface area contributed by atoms with Crippen LogP contribution in [0.15, 0.2) is 12.4 Å². The normalized spacial score (nSPS) is 10.1. The smallest absolute Gasteiger partial charge is 0.307 e. The Balaban J connectivity index is 2.75. The van der Waals surface area contributed by atoms with Crippen molar-refractivity contribution in [1.29, 1.82) is 0 Å². The minimum Gasteiger partial charge on any atom is -0.469 e. The van der Waals surface area contributed by atoms with Crippen LogP contribution in [-0.4, -0.2) is 54.8 Å². The summed E-state index contributed by atoms with van der Waals surface area (Å²) >= 11 is 0. The number of methoxy groups -OCH3 is 2. The number of esters is 1. The fraction of sp³-hybridized carbons (Fsp3) is 0.545. The van der Waals surface area contributed by atoms with Gasteiger partial charge in [0.1, 0.15) is 12.4 Å². The van der Waals surface area contributed by atoms with Crippen molar-refractivity contribution in [2.24, 2.45) is 0 Å². The Kier molecular flexibility index (Phi) is 6.30. The van der Waals surface area contributed by atoms with Gasteiger partial charge in [-0.2, -0.15) is 0 Å². The van der Waals surface area contributed by atoms with E-state index < -0.39 is 4.92 Å². The second kappa shape index (κ2) is 8.00. The maximum Gasteiger partial charge on any atom is 0.307 e. The van der Waals surface area contributed by atoms with Crippen LogP contribution in [0, 0.1) is 10.1 Å². The monoisotopic (exact) mass is 284 g/mol. The van der Waals surface area contributed by atoms with E-state index in [1.54, 1.807) is 12.0 Å². The molecule has 9 nitrogen and oxygen atoms in total. The van der Waals surface area contributed by atoms with Crippen LogP contribution in [0.2, 0.25) is 0 Å². The Morgan fingerprint density at radius 3 is 2.50 bits per heavy atom. The molecule has 0 radical (unpaired) electrons. The van der Waals surface area contributed by atoms with Crippen LogP contribution in [0.4, 0.5) is 11.6 Å². The largest absolute Gasteiger partial charge is 0.469 e. The first kappa shape index (κ1) is 15.8. The van der Waals surface area contributed by atoms with Gasteiger partial charge in [0, 0.05) is 20.2 Å². The van der Waals surface area contributed by atoms with E-state index in [-0.39, 0.29) is 18.1 Å². The first-order valence-corrected chi connectivity index (χ1v) is 5.85. The zero-order valence-corrected chi connectivity index (χ0v) is 11.3. The molecule has 0 unspecified atom stereocenters. The van der Waals surface area contributed by atoms with Crippen LogP contribution in [0.5, 0.6) is 0 Å². The molecule has 1 aromatic heterocycles. The van der Waals surface area contributed by atoms with E-state index in [2.05, 4.69) is 14.7 Å². The van der Waals surface area contributed by atoms with Gasteiger partial charge < -0.3 is 14.4 Å². The molecule has 0 aliphatic rings. The summed E-state index contributed by atoms with van der Waals surface area (Å²) in [6.07, 6.45) is 2.42. The van der Waals surface area contributed by atoms with Crippen LogP contribution in [0.1, 0.15) is 6.42 Å². The standard InChI is InChI=1S/C11H16N4O5/c1-19-6-5-14(4-3-10(16)20-2)11-12-7-9(8-13-11)15(17)18/h7-8H,3-6H2,1-2H3. The van der Waals surface area contributed by atoms with Crippen molar-refractivity contribution in [3.8, 4) is 0 Å². The number of aromatic nitrogens is 2. The highest BCUT2D eigenvalue weighted by molar-refractivity contribution is 5.69. The van der Waals surface area contributed by atoms with Crippen molar-refractivity contribution in [3.05, 3.63) is 22.5 Å². The molecular formula is C11H16N4O5. The van der Waals surface area contributed by atoms with Gasteiger partial charge in [-0.25, -0.2) is 9.97 Å². The molecule has 1 heterocycles. The number of nitrogens with zero attached hydrogens (tertiary/aromatic N) is 4. The molecule has 110 valence electrons. The highest BCUT2D eigenvalue weighted by Crippen LogP contribution is 2.12. The molecule has 0 bridgehead atoms. The predicted octanol–water partition coefficient (Wildman–Crippen LogP) is 0.401. The van der Waals surface area contributed by atoms with Gasteiger partial charge in [0.2, 0.25) is 5.95 Å². The van der Waals surface area contributed by atoms with Crippen LogP contribution in [0.25, 0.3) is 0 Å². The average Bonchev–Trinajstić information content (AvgIpc) is 2.47. The number of carbonyl (C=O) groups excluding carboxylic acids is 1. The van der Waals surface area contributed by atoms with Crippen molar-refractivity contribution in [2.45, 2.75) is 6.42 Å². The quantitative estimate of drug-likeness (QED) is 0.383. The number of anilines is 1. The van der Waals surface area contributed by atoms with Crippen molar-refractivity contribution in [3.63, 3.8) is 0 Å². The second-order valence-corrected chi connectivity index (χ2v) is 3.80. The summed E-state index contributed by atoms with van der Waals surface area (Å²) in [5, 5.41) is 10.5. The molecule has 0 saturated carbocycles. The fourth-order valence-electron chi connectivity index (χ4n) is 1.41. The SMILES string of the molecule is COCCN(CCC(=O)OC)c1ncc([N+](=O)[O-])cn1. The highest BCUT2D eigenvalue weighted by atomic mass is 16.6. The van der Waals surface area contributed by atoms with Gasteiger partial charge in [-0.05, 0) is 0 Å². The molecule has 0 aliphatic carbocycles. The lowest BCUT2D eigenvalue weighted by Gasteiger charge is -2.21. The van der Waals surface area contributed by atoms with Crippen LogP contribution < -0.4 is 4.90 Å². The number of ether oxygens (including phenoxy) is 2. The van der Waals surface area contributed by atoms with Crippen LogP contribution in [0.3, 0.4) is 0 Å². The van der Waals surface area contributed by atoms with Gasteiger partial charge in [0.05, 0.1) is 25.1 Å². The summed E-state index contributed by atoms with van der Waals surface area (Å²) in [6, 6.07) is 0. The van der Waals surface area contributed by atoms with Gasteiger partial charge in [0.25, 0.3) is 0 Å². The summed E-state index contributed by atoms with van der Waals surface area (Å²) in [5.41, 5.74) is -0.187. The van der Waals surface area contributed by atoms with Gasteiger partial charge in [-0.1, -0.05) is 0 Å². The lowest BCUT2D eigenvalue weighted by molar-refractivity contribution is -0.385. The van der Waals surface area contributed by atoms with Crippen molar-refractivity contribution in [1.82, 2.24) is 9.97 Å². The number of rotatable bonds is 8. The molecule has 0 saturated heterocycles. The second-order valence-electron chi connectivity index (χ2n) is 3.80. The topological polar surface area (TPSA) is 108 Å². The maximum atomic E-state index is 11.2. The Bertz CT molecular complexity index is 451. The maximum absolute atomic E-state index is 11.2. The molecule has 1 aromatic rings. The van der Waals surface area contributed by atoms with E-state index in [1.807, 2.05) is 0 Å². The fourth-order valence-corrected chi connectivity index (χ4v) is 1.41. The van der Waals surface area contributed by atoms with Gasteiger partial charge in [0.15, 0.2) is 0 Å². The molecule has 0 fully saturated rings. The van der Waals surface area contributed by atoms with Crippen molar-refractivity contribution in [2.75, 3.05) is 38.8 Å². The number of nitro groups is 1. The summed E-state index contributed by atoms with van der Waals surface area (Å²) in [7, 11) is 2.86. The van der Waals surface area contributed by atoms with Crippen molar-refractivity contribution < 1.29 is 19.2 Å². The summed E-state index contributed by atoms with van der Waals surface area (Å²) in [6.45, 7) is 1.22. The molecular weight excluding hydrogens is 268 g/mol. The molecule has 0 aliphatic heterocycles. The van der Waals surface area contributed by atoms with Gasteiger partial charge in [-0.15, -0.1) is 0 Å². The Hall–Kier alpha value is -2.29. The number of hydrogen-bond donors (Lipinski definition) is 0. The molecule has 9 heteroatoms. The third kappa shape index (κ3) is 4.76. The van der Waals surface area contributed by atoms with Crippen molar-refractivity contribution >= 4 is 17.6 Å².